The van der Waals surface area contributed by atoms with Crippen molar-refractivity contribution in [3.05, 3.63) is 52.8 Å². The zero-order valence-electron chi connectivity index (χ0n) is 10.6. The molecule has 0 amide bonds. The number of aromatic nitrogens is 1. The topological polar surface area (TPSA) is 59.4 Å². The summed E-state index contributed by atoms with van der Waals surface area (Å²) in [6, 6.07) is 7.15. The van der Waals surface area contributed by atoms with Gasteiger partial charge in [0.1, 0.15) is 11.5 Å². The fraction of sp³-hybridized carbons (Fsp3) is 0.143. The third-order valence-electron chi connectivity index (χ3n) is 2.23. The van der Waals surface area contributed by atoms with Crippen molar-refractivity contribution in [2.75, 3.05) is 0 Å². The van der Waals surface area contributed by atoms with Crippen molar-refractivity contribution in [3.63, 3.8) is 0 Å². The molecule has 1 N–H and O–H groups in total. The minimum Gasteiger partial charge on any atom is -0.508 e. The van der Waals surface area contributed by atoms with E-state index in [0.29, 0.717) is 23.0 Å². The number of pyridine rings is 1. The van der Waals surface area contributed by atoms with Gasteiger partial charge in [-0.2, -0.15) is 0 Å². The number of carbonyl (C=O) groups is 1. The van der Waals surface area contributed by atoms with E-state index in [0.717, 1.165) is 11.1 Å². The number of hydrogen-bond donors (Lipinski definition) is 1. The Kier molecular flexibility index (Phi) is 5.82. The van der Waals surface area contributed by atoms with Crippen molar-refractivity contribution in [2.24, 2.45) is 0 Å². The minimum atomic E-state index is 0.327. The van der Waals surface area contributed by atoms with Crippen LogP contribution in [0.4, 0.5) is 0 Å². The summed E-state index contributed by atoms with van der Waals surface area (Å²) in [7, 11) is 0. The number of phenolic OH excluding ortho intramolecular Hbond substituents is 1. The molecule has 0 bridgehead atoms. The van der Waals surface area contributed by atoms with Crippen molar-refractivity contribution in [3.8, 4) is 11.5 Å². The molecular formula is C14H14ClNO3. The number of nitrogens with zero attached hydrogens (tertiary/aromatic N) is 1. The van der Waals surface area contributed by atoms with Crippen molar-refractivity contribution in [1.82, 2.24) is 4.98 Å². The largest absolute Gasteiger partial charge is 0.508 e. The lowest BCUT2D eigenvalue weighted by Crippen LogP contribution is -1.88. The van der Waals surface area contributed by atoms with E-state index in [1.807, 2.05) is 26.0 Å². The predicted molar refractivity (Wildman–Crippen MR) is 73.5 cm³/mol. The number of aryl methyl sites for hydroxylation is 2. The van der Waals surface area contributed by atoms with Gasteiger partial charge in [0, 0.05) is 12.3 Å². The number of hydrogen-bond acceptors (Lipinski definition) is 4. The van der Waals surface area contributed by atoms with Gasteiger partial charge in [-0.15, -0.1) is 0 Å². The normalized spacial score (nSPS) is 9.21. The summed E-state index contributed by atoms with van der Waals surface area (Å²) >= 11 is 5.52. The van der Waals surface area contributed by atoms with Gasteiger partial charge in [0.2, 0.25) is 0 Å². The first-order chi connectivity index (χ1) is 9.02. The quantitative estimate of drug-likeness (QED) is 0.857. The van der Waals surface area contributed by atoms with Crippen LogP contribution in [0.2, 0.25) is 5.02 Å². The van der Waals surface area contributed by atoms with Gasteiger partial charge in [0.25, 0.3) is 6.47 Å². The van der Waals surface area contributed by atoms with E-state index in [1.165, 1.54) is 18.5 Å². The lowest BCUT2D eigenvalue weighted by atomic mass is 10.1. The number of halogens is 1. The summed E-state index contributed by atoms with van der Waals surface area (Å²) in [4.78, 5) is 13.5. The molecule has 2 aromatic rings. The van der Waals surface area contributed by atoms with Gasteiger partial charge < -0.3 is 9.84 Å². The Labute approximate surface area is 116 Å². The van der Waals surface area contributed by atoms with Gasteiger partial charge in [-0.25, -0.2) is 0 Å². The third-order valence-corrected chi connectivity index (χ3v) is 2.44. The maximum Gasteiger partial charge on any atom is 0.298 e. The first-order valence-electron chi connectivity index (χ1n) is 5.50. The van der Waals surface area contributed by atoms with Crippen LogP contribution in [0.3, 0.4) is 0 Å². The Bertz CT molecular complexity index is 558. The zero-order valence-corrected chi connectivity index (χ0v) is 11.4. The first kappa shape index (κ1) is 15.0. The van der Waals surface area contributed by atoms with Gasteiger partial charge in [0.15, 0.2) is 0 Å². The summed E-state index contributed by atoms with van der Waals surface area (Å²) in [5, 5.41) is 9.54. The molecule has 4 nitrogen and oxygen atoms in total. The summed E-state index contributed by atoms with van der Waals surface area (Å²) in [5.41, 5.74) is 2.03. The molecule has 0 fully saturated rings. The van der Waals surface area contributed by atoms with E-state index >= 15 is 0 Å². The van der Waals surface area contributed by atoms with Gasteiger partial charge in [-0.3, -0.25) is 9.78 Å². The number of phenols is 1. The van der Waals surface area contributed by atoms with Crippen LogP contribution in [0, 0.1) is 13.8 Å². The molecule has 0 saturated heterocycles. The average molecular weight is 280 g/mol. The number of benzene rings is 1. The smallest absolute Gasteiger partial charge is 0.298 e. The molecular weight excluding hydrogens is 266 g/mol. The highest BCUT2D eigenvalue weighted by atomic mass is 35.5. The molecule has 0 radical (unpaired) electrons. The molecule has 0 aliphatic heterocycles. The van der Waals surface area contributed by atoms with E-state index in [1.54, 1.807) is 6.07 Å². The molecule has 5 heteroatoms. The summed E-state index contributed by atoms with van der Waals surface area (Å²) in [6.45, 7) is 4.17. The number of rotatable bonds is 2. The zero-order chi connectivity index (χ0) is 14.3. The molecule has 1 heterocycles. The molecule has 0 saturated carbocycles. The van der Waals surface area contributed by atoms with Crippen molar-refractivity contribution in [2.45, 2.75) is 13.8 Å². The van der Waals surface area contributed by atoms with Crippen LogP contribution in [0.1, 0.15) is 11.1 Å². The van der Waals surface area contributed by atoms with Crippen LogP contribution < -0.4 is 4.74 Å². The van der Waals surface area contributed by atoms with Crippen molar-refractivity contribution < 1.29 is 14.6 Å². The van der Waals surface area contributed by atoms with E-state index < -0.39 is 0 Å². The fourth-order valence-corrected chi connectivity index (χ4v) is 1.40. The van der Waals surface area contributed by atoms with Crippen molar-refractivity contribution >= 4 is 18.1 Å². The predicted octanol–water partition coefficient (Wildman–Crippen LogP) is 3.28. The van der Waals surface area contributed by atoms with E-state index in [4.69, 9.17) is 16.7 Å². The summed E-state index contributed by atoms with van der Waals surface area (Å²) in [5.74, 6) is 0.734. The number of carbonyl (C=O) groups excluding carboxylic acids is 1. The third kappa shape index (κ3) is 5.40. The Balaban J connectivity index is 0.000000191. The second-order valence-corrected chi connectivity index (χ2v) is 4.28. The fourth-order valence-electron chi connectivity index (χ4n) is 1.23. The lowest BCUT2D eigenvalue weighted by molar-refractivity contribution is -0.120. The van der Waals surface area contributed by atoms with Crippen molar-refractivity contribution in [1.29, 1.82) is 0 Å². The molecule has 19 heavy (non-hydrogen) atoms. The highest BCUT2D eigenvalue weighted by Crippen LogP contribution is 2.16. The minimum absolute atomic E-state index is 0.327. The van der Waals surface area contributed by atoms with E-state index in [2.05, 4.69) is 9.72 Å². The van der Waals surface area contributed by atoms with Crippen LogP contribution in [-0.4, -0.2) is 16.6 Å². The van der Waals surface area contributed by atoms with Crippen LogP contribution in [0.15, 0.2) is 36.7 Å². The molecule has 100 valence electrons. The Hall–Kier alpha value is -2.07. The Morgan fingerprint density at radius 2 is 2.00 bits per heavy atom. The van der Waals surface area contributed by atoms with Crippen LogP contribution >= 0.6 is 11.6 Å². The monoisotopic (exact) mass is 279 g/mol. The Morgan fingerprint density at radius 3 is 2.53 bits per heavy atom. The first-order valence-corrected chi connectivity index (χ1v) is 5.88. The number of aromatic hydroxyl groups is 1. The molecule has 0 aliphatic carbocycles. The molecule has 0 unspecified atom stereocenters. The highest BCUT2D eigenvalue weighted by molar-refractivity contribution is 6.30. The second kappa shape index (κ2) is 7.38. The molecule has 2 rings (SSSR count). The number of ether oxygens (including phenoxy) is 1. The van der Waals surface area contributed by atoms with Gasteiger partial charge in [-0.1, -0.05) is 23.7 Å². The highest BCUT2D eigenvalue weighted by Gasteiger charge is 1.92. The maximum atomic E-state index is 9.79. The van der Waals surface area contributed by atoms with Gasteiger partial charge in [-0.05, 0) is 31.0 Å². The SMILES string of the molecule is Cc1ccc(C)c(O)c1.O=COc1cncc(Cl)c1. The lowest BCUT2D eigenvalue weighted by Gasteiger charge is -1.97. The molecule has 0 atom stereocenters. The van der Waals surface area contributed by atoms with Gasteiger partial charge >= 0.3 is 0 Å². The van der Waals surface area contributed by atoms with Crippen LogP contribution in [0.25, 0.3) is 0 Å². The maximum absolute atomic E-state index is 9.79. The molecule has 0 aliphatic rings. The second-order valence-electron chi connectivity index (χ2n) is 3.84. The summed E-state index contributed by atoms with van der Waals surface area (Å²) < 4.78 is 4.46. The van der Waals surface area contributed by atoms with E-state index in [-0.39, 0.29) is 0 Å². The molecule has 0 spiro atoms. The van der Waals surface area contributed by atoms with Gasteiger partial charge in [0.05, 0.1) is 11.2 Å². The standard InChI is InChI=1S/C8H10O.C6H4ClNO2/c1-6-3-4-7(2)8(9)5-6;7-5-1-6(10-4-9)3-8-2-5/h3-5,9H,1-2H3;1-4H. The molecule has 1 aromatic carbocycles. The van der Waals surface area contributed by atoms with Crippen LogP contribution in [0.5, 0.6) is 11.5 Å². The average Bonchev–Trinajstić information content (AvgIpc) is 2.36. The Morgan fingerprint density at radius 1 is 1.26 bits per heavy atom. The van der Waals surface area contributed by atoms with Crippen LogP contribution in [-0.2, 0) is 4.79 Å². The van der Waals surface area contributed by atoms with E-state index in [9.17, 15) is 4.79 Å². The molecule has 1 aromatic heterocycles. The summed E-state index contributed by atoms with van der Waals surface area (Å²) in [6.07, 6.45) is 2.86.